The minimum atomic E-state index is -1.04. The smallest absolute Gasteiger partial charge is 0.339 e. The van der Waals surface area contributed by atoms with E-state index < -0.39 is 5.97 Å². The Bertz CT molecular complexity index is 687. The summed E-state index contributed by atoms with van der Waals surface area (Å²) in [6.45, 7) is 3.53. The van der Waals surface area contributed by atoms with Crippen molar-refractivity contribution in [2.75, 3.05) is 5.32 Å². The second-order valence-electron chi connectivity index (χ2n) is 4.36. The number of carbonyl (C=O) groups is 1. The van der Waals surface area contributed by atoms with Crippen LogP contribution in [0.15, 0.2) is 24.3 Å². The molecule has 0 fully saturated rings. The zero-order chi connectivity index (χ0) is 14.9. The number of carboxylic acid groups (broad SMARTS) is 1. The summed E-state index contributed by atoms with van der Waals surface area (Å²) in [5.41, 5.74) is 2.04. The first-order valence-electron chi connectivity index (χ1n) is 5.82. The Balaban J connectivity index is 2.50. The van der Waals surface area contributed by atoms with Crippen LogP contribution in [-0.2, 0) is 0 Å². The molecule has 6 heteroatoms. The van der Waals surface area contributed by atoms with Crippen LogP contribution >= 0.6 is 23.2 Å². The second-order valence-corrected chi connectivity index (χ2v) is 5.20. The molecule has 2 rings (SSSR count). The number of aromatic carboxylic acids is 1. The summed E-state index contributed by atoms with van der Waals surface area (Å²) in [7, 11) is 0. The molecule has 104 valence electrons. The summed E-state index contributed by atoms with van der Waals surface area (Å²) in [6, 6.07) is 6.64. The molecule has 0 unspecified atom stereocenters. The number of carboxylic acids is 1. The maximum atomic E-state index is 11.3. The van der Waals surface area contributed by atoms with E-state index in [0.29, 0.717) is 21.3 Å². The van der Waals surface area contributed by atoms with Crippen molar-refractivity contribution in [2.24, 2.45) is 0 Å². The lowest BCUT2D eigenvalue weighted by atomic mass is 10.1. The number of aryl methyl sites for hydroxylation is 2. The minimum absolute atomic E-state index is 0.126. The second kappa shape index (κ2) is 5.69. The molecule has 0 atom stereocenters. The summed E-state index contributed by atoms with van der Waals surface area (Å²) >= 11 is 11.9. The molecule has 0 bridgehead atoms. The van der Waals surface area contributed by atoms with E-state index in [1.54, 1.807) is 38.1 Å². The van der Waals surface area contributed by atoms with Crippen LogP contribution in [0.3, 0.4) is 0 Å². The number of nitrogens with zero attached hydrogens (tertiary/aromatic N) is 1. The largest absolute Gasteiger partial charge is 0.478 e. The maximum absolute atomic E-state index is 11.3. The fourth-order valence-corrected chi connectivity index (χ4v) is 2.37. The predicted molar refractivity (Wildman–Crippen MR) is 80.4 cm³/mol. The molecule has 0 aliphatic heterocycles. The van der Waals surface area contributed by atoms with Crippen molar-refractivity contribution in [3.8, 4) is 0 Å². The molecule has 2 aromatic rings. The molecule has 0 radical (unpaired) electrons. The van der Waals surface area contributed by atoms with Crippen LogP contribution in [-0.4, -0.2) is 16.1 Å². The number of benzene rings is 1. The summed E-state index contributed by atoms with van der Waals surface area (Å²) in [5, 5.41) is 13.1. The summed E-state index contributed by atoms with van der Waals surface area (Å²) < 4.78 is 0. The highest BCUT2D eigenvalue weighted by Gasteiger charge is 2.16. The van der Waals surface area contributed by atoms with E-state index in [0.717, 1.165) is 5.69 Å². The lowest BCUT2D eigenvalue weighted by molar-refractivity contribution is 0.0697. The fourth-order valence-electron chi connectivity index (χ4n) is 1.92. The molecular formula is C14H12Cl2N2O2. The highest BCUT2D eigenvalue weighted by atomic mass is 35.5. The lowest BCUT2D eigenvalue weighted by Gasteiger charge is -2.13. The number of hydrogen-bond donors (Lipinski definition) is 2. The van der Waals surface area contributed by atoms with Crippen molar-refractivity contribution in [1.29, 1.82) is 0 Å². The van der Waals surface area contributed by atoms with Gasteiger partial charge in [0.05, 0.1) is 10.7 Å². The van der Waals surface area contributed by atoms with E-state index in [2.05, 4.69) is 10.3 Å². The molecule has 1 aromatic heterocycles. The van der Waals surface area contributed by atoms with Gasteiger partial charge in [0.15, 0.2) is 0 Å². The monoisotopic (exact) mass is 310 g/mol. The Morgan fingerprint density at radius 1 is 1.25 bits per heavy atom. The highest BCUT2D eigenvalue weighted by molar-refractivity contribution is 6.36. The van der Waals surface area contributed by atoms with E-state index in [-0.39, 0.29) is 11.4 Å². The first-order valence-corrected chi connectivity index (χ1v) is 6.57. The molecule has 0 amide bonds. The molecule has 2 N–H and O–H groups in total. The van der Waals surface area contributed by atoms with Crippen molar-refractivity contribution in [2.45, 2.75) is 13.8 Å². The van der Waals surface area contributed by atoms with Gasteiger partial charge in [0, 0.05) is 10.7 Å². The Labute approximate surface area is 126 Å². The van der Waals surface area contributed by atoms with E-state index >= 15 is 0 Å². The van der Waals surface area contributed by atoms with Crippen molar-refractivity contribution in [3.05, 3.63) is 51.1 Å². The van der Waals surface area contributed by atoms with Crippen LogP contribution in [0.5, 0.6) is 0 Å². The first-order chi connectivity index (χ1) is 9.38. The van der Waals surface area contributed by atoms with Crippen LogP contribution in [0.25, 0.3) is 0 Å². The SMILES string of the molecule is Cc1cc(C)c(C(=O)O)c(Nc2ccc(Cl)cc2Cl)n1. The normalized spacial score (nSPS) is 10.4. The Kier molecular flexibility index (Phi) is 4.16. The van der Waals surface area contributed by atoms with Gasteiger partial charge in [-0.2, -0.15) is 0 Å². The third-order valence-corrected chi connectivity index (χ3v) is 3.29. The van der Waals surface area contributed by atoms with Gasteiger partial charge in [-0.05, 0) is 43.7 Å². The van der Waals surface area contributed by atoms with Crippen LogP contribution in [0.4, 0.5) is 11.5 Å². The lowest BCUT2D eigenvalue weighted by Crippen LogP contribution is -2.08. The van der Waals surface area contributed by atoms with Crippen molar-refractivity contribution < 1.29 is 9.90 Å². The molecular weight excluding hydrogens is 299 g/mol. The zero-order valence-corrected chi connectivity index (χ0v) is 12.4. The summed E-state index contributed by atoms with van der Waals surface area (Å²) in [6.07, 6.45) is 0. The average molecular weight is 311 g/mol. The van der Waals surface area contributed by atoms with Gasteiger partial charge in [-0.3, -0.25) is 0 Å². The Morgan fingerprint density at radius 3 is 2.55 bits per heavy atom. The molecule has 4 nitrogen and oxygen atoms in total. The average Bonchev–Trinajstić information content (AvgIpc) is 2.31. The highest BCUT2D eigenvalue weighted by Crippen LogP contribution is 2.29. The van der Waals surface area contributed by atoms with E-state index in [1.165, 1.54) is 0 Å². The topological polar surface area (TPSA) is 62.2 Å². The standard InChI is InChI=1S/C14H12Cl2N2O2/c1-7-5-8(2)17-13(12(7)14(19)20)18-11-4-3-9(15)6-10(11)16/h3-6H,1-2H3,(H,17,18)(H,19,20). The first kappa shape index (κ1) is 14.6. The number of nitrogens with one attached hydrogen (secondary N) is 1. The minimum Gasteiger partial charge on any atom is -0.478 e. The van der Waals surface area contributed by atoms with Gasteiger partial charge in [-0.1, -0.05) is 23.2 Å². The van der Waals surface area contributed by atoms with Crippen LogP contribution in [0, 0.1) is 13.8 Å². The van der Waals surface area contributed by atoms with Gasteiger partial charge in [0.2, 0.25) is 0 Å². The van der Waals surface area contributed by atoms with Gasteiger partial charge in [-0.25, -0.2) is 9.78 Å². The van der Waals surface area contributed by atoms with Crippen molar-refractivity contribution in [1.82, 2.24) is 4.98 Å². The van der Waals surface area contributed by atoms with E-state index in [1.807, 2.05) is 0 Å². The third kappa shape index (κ3) is 3.03. The van der Waals surface area contributed by atoms with Gasteiger partial charge < -0.3 is 10.4 Å². The number of anilines is 2. The Morgan fingerprint density at radius 2 is 1.95 bits per heavy atom. The fraction of sp³-hybridized carbons (Fsp3) is 0.143. The molecule has 0 spiro atoms. The molecule has 1 aromatic carbocycles. The summed E-state index contributed by atoms with van der Waals surface area (Å²) in [4.78, 5) is 15.6. The number of aromatic nitrogens is 1. The number of hydrogen-bond acceptors (Lipinski definition) is 3. The van der Waals surface area contributed by atoms with Crippen LogP contribution < -0.4 is 5.32 Å². The number of pyridine rings is 1. The zero-order valence-electron chi connectivity index (χ0n) is 10.9. The number of rotatable bonds is 3. The Hall–Kier alpha value is -1.78. The van der Waals surface area contributed by atoms with Crippen LogP contribution in [0.1, 0.15) is 21.6 Å². The van der Waals surface area contributed by atoms with Crippen molar-refractivity contribution >= 4 is 40.7 Å². The molecule has 0 saturated carbocycles. The van der Waals surface area contributed by atoms with Crippen LogP contribution in [0.2, 0.25) is 10.0 Å². The maximum Gasteiger partial charge on any atom is 0.339 e. The molecule has 1 heterocycles. The molecule has 0 aliphatic carbocycles. The quantitative estimate of drug-likeness (QED) is 0.879. The molecule has 20 heavy (non-hydrogen) atoms. The van der Waals surface area contributed by atoms with Gasteiger partial charge in [0.25, 0.3) is 0 Å². The van der Waals surface area contributed by atoms with Gasteiger partial charge >= 0.3 is 5.97 Å². The number of halogens is 2. The predicted octanol–water partition coefficient (Wildman–Crippen LogP) is 4.45. The van der Waals surface area contributed by atoms with Gasteiger partial charge in [0.1, 0.15) is 11.4 Å². The van der Waals surface area contributed by atoms with Gasteiger partial charge in [-0.15, -0.1) is 0 Å². The summed E-state index contributed by atoms with van der Waals surface area (Å²) in [5.74, 6) is -0.776. The molecule has 0 saturated heterocycles. The van der Waals surface area contributed by atoms with E-state index in [9.17, 15) is 9.90 Å². The molecule has 0 aliphatic rings. The third-order valence-electron chi connectivity index (χ3n) is 2.74. The van der Waals surface area contributed by atoms with E-state index in [4.69, 9.17) is 23.2 Å². The van der Waals surface area contributed by atoms with Crippen molar-refractivity contribution in [3.63, 3.8) is 0 Å².